The van der Waals surface area contributed by atoms with Crippen LogP contribution in [0.15, 0.2) is 24.4 Å². The Hall–Kier alpha value is -1.45. The van der Waals surface area contributed by atoms with Crippen molar-refractivity contribution >= 4 is 5.52 Å². The molecule has 2 aromatic heterocycles. The van der Waals surface area contributed by atoms with Gasteiger partial charge in [0.15, 0.2) is 0 Å². The molecule has 0 aliphatic heterocycles. The van der Waals surface area contributed by atoms with Gasteiger partial charge in [-0.3, -0.25) is 0 Å². The minimum Gasteiger partial charge on any atom is -0.320 e. The fraction of sp³-hybridized carbons (Fsp3) is 0.385. The normalized spacial score (nSPS) is 12.6. The van der Waals surface area contributed by atoms with Gasteiger partial charge < -0.3 is 4.40 Å². The fourth-order valence-corrected chi connectivity index (χ4v) is 2.11. The number of fused-ring (bicyclic) bond motifs is 1. The van der Waals surface area contributed by atoms with E-state index in [2.05, 4.69) is 0 Å². The van der Waals surface area contributed by atoms with Crippen LogP contribution in [0.4, 0.5) is 13.2 Å². The van der Waals surface area contributed by atoms with Gasteiger partial charge in [0.05, 0.1) is 5.56 Å². The summed E-state index contributed by atoms with van der Waals surface area (Å²) in [6.07, 6.45) is -2.54. The Morgan fingerprint density at radius 3 is 2.35 bits per heavy atom. The molecule has 0 aromatic carbocycles. The molecule has 0 aliphatic carbocycles. The molecule has 0 N–H and O–H groups in total. The summed E-state index contributed by atoms with van der Waals surface area (Å²) in [7, 11) is 0. The maximum Gasteiger partial charge on any atom is 0.418 e. The minimum absolute atomic E-state index is 0.170. The van der Waals surface area contributed by atoms with E-state index in [1.165, 1.54) is 6.07 Å². The molecule has 0 bridgehead atoms. The van der Waals surface area contributed by atoms with Crippen LogP contribution < -0.4 is 0 Å². The molecule has 2 rings (SSSR count). The number of rotatable bonds is 1. The van der Waals surface area contributed by atoms with Crippen molar-refractivity contribution in [1.82, 2.24) is 4.40 Å². The van der Waals surface area contributed by atoms with E-state index in [0.717, 1.165) is 5.56 Å². The van der Waals surface area contributed by atoms with Crippen molar-refractivity contribution in [3.63, 3.8) is 0 Å². The molecule has 2 aromatic rings. The number of pyridine rings is 1. The average molecular weight is 241 g/mol. The molecule has 0 aliphatic rings. The number of aryl methyl sites for hydroxylation is 1. The summed E-state index contributed by atoms with van der Waals surface area (Å²) in [5.41, 5.74) is 1.34. The second-order valence-electron chi connectivity index (χ2n) is 4.60. The lowest BCUT2D eigenvalue weighted by molar-refractivity contribution is -0.138. The number of halogens is 3. The summed E-state index contributed by atoms with van der Waals surface area (Å²) >= 11 is 0. The predicted molar refractivity (Wildman–Crippen MR) is 61.2 cm³/mol. The summed E-state index contributed by atoms with van der Waals surface area (Å²) in [5.74, 6) is -0.170. The first-order valence-electron chi connectivity index (χ1n) is 5.49. The first kappa shape index (κ1) is 12.0. The van der Waals surface area contributed by atoms with Crippen molar-refractivity contribution < 1.29 is 13.2 Å². The van der Waals surface area contributed by atoms with Gasteiger partial charge in [0.25, 0.3) is 0 Å². The molecule has 92 valence electrons. The van der Waals surface area contributed by atoms with Crippen LogP contribution in [0.25, 0.3) is 5.52 Å². The molecule has 0 saturated carbocycles. The van der Waals surface area contributed by atoms with E-state index in [9.17, 15) is 13.2 Å². The van der Waals surface area contributed by atoms with E-state index in [0.29, 0.717) is 11.2 Å². The number of alkyl halides is 3. The van der Waals surface area contributed by atoms with Gasteiger partial charge in [-0.2, -0.15) is 13.2 Å². The Kier molecular flexibility index (Phi) is 2.68. The van der Waals surface area contributed by atoms with Crippen LogP contribution in [0.5, 0.6) is 0 Å². The van der Waals surface area contributed by atoms with Crippen molar-refractivity contribution in [3.05, 3.63) is 41.2 Å². The number of hydrogen-bond acceptors (Lipinski definition) is 0. The van der Waals surface area contributed by atoms with Crippen LogP contribution >= 0.6 is 0 Å². The highest BCUT2D eigenvalue weighted by molar-refractivity contribution is 5.55. The molecule has 0 fully saturated rings. The highest BCUT2D eigenvalue weighted by atomic mass is 19.4. The predicted octanol–water partition coefficient (Wildman–Crippen LogP) is 4.39. The van der Waals surface area contributed by atoms with Crippen molar-refractivity contribution in [2.45, 2.75) is 32.9 Å². The molecular weight excluding hydrogens is 227 g/mol. The monoisotopic (exact) mass is 241 g/mol. The van der Waals surface area contributed by atoms with Crippen LogP contribution in [0, 0.1) is 6.92 Å². The average Bonchev–Trinajstić information content (AvgIpc) is 2.55. The molecule has 0 unspecified atom stereocenters. The maximum absolute atomic E-state index is 12.9. The van der Waals surface area contributed by atoms with Gasteiger partial charge in [0.2, 0.25) is 0 Å². The van der Waals surface area contributed by atoms with Gasteiger partial charge >= 0.3 is 6.18 Å². The third kappa shape index (κ3) is 2.04. The van der Waals surface area contributed by atoms with E-state index in [1.807, 2.05) is 13.0 Å². The summed E-state index contributed by atoms with van der Waals surface area (Å²) in [6, 6.07) is 4.75. The Labute approximate surface area is 97.9 Å². The zero-order valence-corrected chi connectivity index (χ0v) is 9.97. The standard InChI is InChI=1S/C13H14F3N/c1-8(2)12-11(13(14,15)16)6-10-5-4-9(3)7-17(10)12/h4-8H,1-3H3. The van der Waals surface area contributed by atoms with Gasteiger partial charge in [-0.1, -0.05) is 19.9 Å². The molecule has 1 nitrogen and oxygen atoms in total. The second kappa shape index (κ2) is 3.79. The van der Waals surface area contributed by atoms with Crippen molar-refractivity contribution in [3.8, 4) is 0 Å². The third-order valence-electron chi connectivity index (χ3n) is 2.81. The largest absolute Gasteiger partial charge is 0.418 e. The first-order valence-corrected chi connectivity index (χ1v) is 5.49. The zero-order valence-electron chi connectivity index (χ0n) is 9.97. The lowest BCUT2D eigenvalue weighted by Crippen LogP contribution is -2.09. The Morgan fingerprint density at radius 2 is 1.82 bits per heavy atom. The fourth-order valence-electron chi connectivity index (χ4n) is 2.11. The van der Waals surface area contributed by atoms with Crippen LogP contribution in [0.2, 0.25) is 0 Å². The van der Waals surface area contributed by atoms with E-state index < -0.39 is 11.7 Å². The van der Waals surface area contributed by atoms with Crippen LogP contribution in [0.1, 0.15) is 36.6 Å². The van der Waals surface area contributed by atoms with Gasteiger partial charge in [0, 0.05) is 17.4 Å². The van der Waals surface area contributed by atoms with Gasteiger partial charge in [-0.15, -0.1) is 0 Å². The summed E-state index contributed by atoms with van der Waals surface area (Å²) < 4.78 is 40.4. The van der Waals surface area contributed by atoms with Crippen molar-refractivity contribution in [2.75, 3.05) is 0 Å². The lowest BCUT2D eigenvalue weighted by atomic mass is 10.1. The topological polar surface area (TPSA) is 4.41 Å². The van der Waals surface area contributed by atoms with Gasteiger partial charge in [-0.25, -0.2) is 0 Å². The molecule has 0 atom stereocenters. The van der Waals surface area contributed by atoms with Crippen molar-refractivity contribution in [2.24, 2.45) is 0 Å². The number of nitrogens with zero attached hydrogens (tertiary/aromatic N) is 1. The molecule has 0 saturated heterocycles. The smallest absolute Gasteiger partial charge is 0.320 e. The molecule has 2 heterocycles. The Morgan fingerprint density at radius 1 is 1.18 bits per heavy atom. The molecule has 0 amide bonds. The highest BCUT2D eigenvalue weighted by Gasteiger charge is 2.36. The number of aromatic nitrogens is 1. The Bertz CT molecular complexity index is 550. The number of hydrogen-bond donors (Lipinski definition) is 0. The second-order valence-corrected chi connectivity index (χ2v) is 4.60. The van der Waals surface area contributed by atoms with E-state index >= 15 is 0 Å². The Balaban J connectivity index is 2.81. The third-order valence-corrected chi connectivity index (χ3v) is 2.81. The van der Waals surface area contributed by atoms with E-state index in [4.69, 9.17) is 0 Å². The molecular formula is C13H14F3N. The summed E-state index contributed by atoms with van der Waals surface area (Å²) in [4.78, 5) is 0. The molecule has 17 heavy (non-hydrogen) atoms. The van der Waals surface area contributed by atoms with Gasteiger partial charge in [0.1, 0.15) is 0 Å². The summed E-state index contributed by atoms with van der Waals surface area (Å²) in [6.45, 7) is 5.43. The first-order chi connectivity index (χ1) is 7.80. The quantitative estimate of drug-likeness (QED) is 0.697. The van der Waals surface area contributed by atoms with E-state index in [1.54, 1.807) is 30.5 Å². The highest BCUT2D eigenvalue weighted by Crippen LogP contribution is 2.37. The molecule has 0 radical (unpaired) electrons. The zero-order chi connectivity index (χ0) is 12.8. The summed E-state index contributed by atoms with van der Waals surface area (Å²) in [5, 5.41) is 0. The maximum atomic E-state index is 12.9. The minimum atomic E-state index is -4.29. The molecule has 0 spiro atoms. The van der Waals surface area contributed by atoms with Crippen LogP contribution in [-0.4, -0.2) is 4.40 Å². The van der Waals surface area contributed by atoms with E-state index in [-0.39, 0.29) is 5.92 Å². The SMILES string of the molecule is Cc1ccc2cc(C(F)(F)F)c(C(C)C)n2c1. The van der Waals surface area contributed by atoms with Crippen LogP contribution in [0.3, 0.4) is 0 Å². The molecule has 4 heteroatoms. The van der Waals surface area contributed by atoms with Crippen molar-refractivity contribution in [1.29, 1.82) is 0 Å². The van der Waals surface area contributed by atoms with Crippen LogP contribution in [-0.2, 0) is 6.18 Å². The van der Waals surface area contributed by atoms with Gasteiger partial charge in [-0.05, 0) is 30.5 Å². The lowest BCUT2D eigenvalue weighted by Gasteiger charge is -2.12.